The molecule has 0 bridgehead atoms. The van der Waals surface area contributed by atoms with E-state index < -0.39 is 0 Å². The summed E-state index contributed by atoms with van der Waals surface area (Å²) in [7, 11) is 0. The third-order valence-electron chi connectivity index (χ3n) is 4.86. The topological polar surface area (TPSA) is 91.2 Å². The fourth-order valence-corrected chi connectivity index (χ4v) is 3.43. The Morgan fingerprint density at radius 3 is 2.00 bits per heavy atom. The van der Waals surface area contributed by atoms with Crippen LogP contribution in [0.15, 0.2) is 0 Å². The van der Waals surface area contributed by atoms with Crippen molar-refractivity contribution in [2.24, 2.45) is 11.1 Å². The Hall–Kier alpha value is -0.690. The number of nitrogens with one attached hydrogen (secondary N) is 4. The Morgan fingerprint density at radius 2 is 1.38 bits per heavy atom. The Kier molecular flexibility index (Phi) is 18.8. The van der Waals surface area contributed by atoms with Gasteiger partial charge in [0.15, 0.2) is 0 Å². The molecular weight excluding hydrogens is 362 g/mol. The molecule has 0 aliphatic rings. The van der Waals surface area contributed by atoms with E-state index >= 15 is 0 Å². The van der Waals surface area contributed by atoms with Gasteiger partial charge in [-0.25, -0.2) is 0 Å². The molecule has 29 heavy (non-hydrogen) atoms. The van der Waals surface area contributed by atoms with Crippen LogP contribution in [0, 0.1) is 5.41 Å². The first-order valence-electron chi connectivity index (χ1n) is 12.0. The van der Waals surface area contributed by atoms with E-state index in [-0.39, 0.29) is 5.91 Å². The average molecular weight is 414 g/mol. The molecule has 0 heterocycles. The van der Waals surface area contributed by atoms with Gasteiger partial charge in [-0.1, -0.05) is 27.2 Å². The SMILES string of the molecule is CC(CC(C)(C)C)NCCCCCC(=O)NCCCNCCCCNCCCN. The Bertz CT molecular complexity index is 371. The van der Waals surface area contributed by atoms with E-state index in [1.165, 1.54) is 19.3 Å². The molecule has 6 heteroatoms. The molecule has 0 aliphatic heterocycles. The molecule has 174 valence electrons. The Morgan fingerprint density at radius 1 is 0.793 bits per heavy atom. The molecule has 0 fully saturated rings. The van der Waals surface area contributed by atoms with Crippen molar-refractivity contribution in [3.05, 3.63) is 0 Å². The first kappa shape index (κ1) is 28.3. The zero-order chi connectivity index (χ0) is 21.8. The monoisotopic (exact) mass is 413 g/mol. The lowest BCUT2D eigenvalue weighted by atomic mass is 9.89. The summed E-state index contributed by atoms with van der Waals surface area (Å²) in [4.78, 5) is 11.9. The van der Waals surface area contributed by atoms with Crippen LogP contribution in [0.4, 0.5) is 0 Å². The summed E-state index contributed by atoms with van der Waals surface area (Å²) < 4.78 is 0. The van der Waals surface area contributed by atoms with Crippen molar-refractivity contribution in [1.29, 1.82) is 0 Å². The van der Waals surface area contributed by atoms with Crippen LogP contribution in [0.1, 0.15) is 85.5 Å². The molecule has 6 N–H and O–H groups in total. The highest BCUT2D eigenvalue weighted by Crippen LogP contribution is 2.20. The molecule has 0 aliphatic carbocycles. The lowest BCUT2D eigenvalue weighted by Crippen LogP contribution is -2.31. The first-order valence-corrected chi connectivity index (χ1v) is 12.0. The van der Waals surface area contributed by atoms with Crippen molar-refractivity contribution in [2.75, 3.05) is 45.8 Å². The maximum absolute atomic E-state index is 11.9. The van der Waals surface area contributed by atoms with E-state index in [1.54, 1.807) is 0 Å². The van der Waals surface area contributed by atoms with Gasteiger partial charge in [-0.05, 0) is 96.6 Å². The second kappa shape index (κ2) is 19.3. The number of unbranched alkanes of at least 4 members (excludes halogenated alkanes) is 3. The van der Waals surface area contributed by atoms with Gasteiger partial charge < -0.3 is 27.0 Å². The number of carbonyl (C=O) groups is 1. The van der Waals surface area contributed by atoms with Gasteiger partial charge in [0.05, 0.1) is 0 Å². The molecular formula is C23H51N5O. The van der Waals surface area contributed by atoms with Gasteiger partial charge in [-0.3, -0.25) is 4.79 Å². The molecule has 0 aromatic rings. The van der Waals surface area contributed by atoms with Crippen molar-refractivity contribution >= 4 is 5.91 Å². The molecule has 0 aromatic heterocycles. The second-order valence-electron chi connectivity index (χ2n) is 9.48. The molecule has 0 aromatic carbocycles. The lowest BCUT2D eigenvalue weighted by molar-refractivity contribution is -0.121. The van der Waals surface area contributed by atoms with Crippen molar-refractivity contribution in [1.82, 2.24) is 21.3 Å². The van der Waals surface area contributed by atoms with Crippen LogP contribution in [0.5, 0.6) is 0 Å². The second-order valence-corrected chi connectivity index (χ2v) is 9.48. The van der Waals surface area contributed by atoms with Gasteiger partial charge in [0.25, 0.3) is 0 Å². The minimum absolute atomic E-state index is 0.197. The van der Waals surface area contributed by atoms with Gasteiger partial charge in [0, 0.05) is 19.0 Å². The zero-order valence-electron chi connectivity index (χ0n) is 19.9. The maximum atomic E-state index is 11.9. The van der Waals surface area contributed by atoms with E-state index in [4.69, 9.17) is 5.73 Å². The molecule has 0 spiro atoms. The predicted octanol–water partition coefficient (Wildman–Crippen LogP) is 2.78. The molecule has 0 radical (unpaired) electrons. The first-order chi connectivity index (χ1) is 13.8. The van der Waals surface area contributed by atoms with Crippen molar-refractivity contribution in [2.45, 2.75) is 91.5 Å². The van der Waals surface area contributed by atoms with Gasteiger partial charge in [-0.2, -0.15) is 0 Å². The van der Waals surface area contributed by atoms with Crippen LogP contribution in [0.3, 0.4) is 0 Å². The van der Waals surface area contributed by atoms with Crippen molar-refractivity contribution < 1.29 is 4.79 Å². The highest BCUT2D eigenvalue weighted by atomic mass is 16.1. The fraction of sp³-hybridized carbons (Fsp3) is 0.957. The summed E-state index contributed by atoms with van der Waals surface area (Å²) in [6, 6.07) is 0.560. The van der Waals surface area contributed by atoms with E-state index in [1.807, 2.05) is 0 Å². The fourth-order valence-electron chi connectivity index (χ4n) is 3.43. The number of hydrogen-bond donors (Lipinski definition) is 5. The van der Waals surface area contributed by atoms with Gasteiger partial charge in [0.2, 0.25) is 5.91 Å². The number of nitrogens with two attached hydrogens (primary N) is 1. The van der Waals surface area contributed by atoms with Crippen LogP contribution >= 0.6 is 0 Å². The standard InChI is InChI=1S/C23H51N5O/c1-21(20-23(2,3)4)27-18-7-5-6-12-22(29)28-19-11-17-26-15-9-8-14-25-16-10-13-24/h21,25-27H,5-20,24H2,1-4H3,(H,28,29). The van der Waals surface area contributed by atoms with Crippen LogP contribution in [-0.2, 0) is 4.79 Å². The summed E-state index contributed by atoms with van der Waals surface area (Å²) in [6.45, 7) is 15.8. The summed E-state index contributed by atoms with van der Waals surface area (Å²) in [5.74, 6) is 0.197. The third-order valence-corrected chi connectivity index (χ3v) is 4.86. The Balaban J connectivity index is 3.28. The number of carbonyl (C=O) groups excluding carboxylic acids is 1. The van der Waals surface area contributed by atoms with E-state index in [9.17, 15) is 4.79 Å². The highest BCUT2D eigenvalue weighted by molar-refractivity contribution is 5.75. The summed E-state index contributed by atoms with van der Waals surface area (Å²) in [6.07, 6.45) is 9.52. The van der Waals surface area contributed by atoms with Gasteiger partial charge >= 0.3 is 0 Å². The zero-order valence-corrected chi connectivity index (χ0v) is 19.9. The van der Waals surface area contributed by atoms with Crippen molar-refractivity contribution in [3.63, 3.8) is 0 Å². The molecule has 0 saturated heterocycles. The summed E-state index contributed by atoms with van der Waals surface area (Å²) >= 11 is 0. The molecule has 6 nitrogen and oxygen atoms in total. The average Bonchev–Trinajstić information content (AvgIpc) is 2.64. The van der Waals surface area contributed by atoms with Gasteiger partial charge in [-0.15, -0.1) is 0 Å². The number of amides is 1. The molecule has 1 unspecified atom stereocenters. The normalized spacial score (nSPS) is 12.9. The number of hydrogen-bond acceptors (Lipinski definition) is 5. The predicted molar refractivity (Wildman–Crippen MR) is 126 cm³/mol. The van der Waals surface area contributed by atoms with Crippen LogP contribution in [-0.4, -0.2) is 57.8 Å². The van der Waals surface area contributed by atoms with E-state index in [0.29, 0.717) is 17.9 Å². The number of rotatable bonds is 20. The van der Waals surface area contributed by atoms with E-state index in [0.717, 1.165) is 77.9 Å². The lowest BCUT2D eigenvalue weighted by Gasteiger charge is -2.24. The molecule has 1 atom stereocenters. The minimum atomic E-state index is 0.197. The van der Waals surface area contributed by atoms with E-state index in [2.05, 4.69) is 49.0 Å². The Labute approximate surface area is 180 Å². The maximum Gasteiger partial charge on any atom is 0.219 e. The van der Waals surface area contributed by atoms with Crippen LogP contribution < -0.4 is 27.0 Å². The highest BCUT2D eigenvalue weighted by Gasteiger charge is 2.14. The molecule has 0 rings (SSSR count). The summed E-state index contributed by atoms with van der Waals surface area (Å²) in [5.41, 5.74) is 5.83. The van der Waals surface area contributed by atoms with Crippen LogP contribution in [0.2, 0.25) is 0 Å². The largest absolute Gasteiger partial charge is 0.356 e. The molecule has 0 saturated carbocycles. The molecule has 1 amide bonds. The van der Waals surface area contributed by atoms with Crippen LogP contribution in [0.25, 0.3) is 0 Å². The summed E-state index contributed by atoms with van der Waals surface area (Å²) in [5, 5.41) is 13.5. The van der Waals surface area contributed by atoms with Gasteiger partial charge in [0.1, 0.15) is 0 Å². The quantitative estimate of drug-likeness (QED) is 0.198. The smallest absolute Gasteiger partial charge is 0.219 e. The van der Waals surface area contributed by atoms with Crippen molar-refractivity contribution in [3.8, 4) is 0 Å². The third kappa shape index (κ3) is 23.5. The minimum Gasteiger partial charge on any atom is -0.356 e.